The maximum Gasteiger partial charge on any atom is 0.154 e. The number of hydrogen-bond donors (Lipinski definition) is 1. The first-order chi connectivity index (χ1) is 4.72. The number of ether oxygens (including phenoxy) is 1. The monoisotopic (exact) mass is 143 g/mol. The highest BCUT2D eigenvalue weighted by Crippen LogP contribution is 2.13. The fourth-order valence-corrected chi connectivity index (χ4v) is 1.13. The van der Waals surface area contributed by atoms with Crippen LogP contribution >= 0.6 is 0 Å². The summed E-state index contributed by atoms with van der Waals surface area (Å²) in [6.45, 7) is 3.00. The molecule has 3 heteroatoms. The summed E-state index contributed by atoms with van der Waals surface area (Å²) >= 11 is 0. The lowest BCUT2D eigenvalue weighted by molar-refractivity contribution is -0.123. The number of carbonyl (C=O) groups is 1. The minimum atomic E-state index is -0.327. The van der Waals surface area contributed by atoms with E-state index in [1.54, 1.807) is 6.92 Å². The predicted molar refractivity (Wildman–Crippen MR) is 37.6 cm³/mol. The molecule has 2 unspecified atom stereocenters. The van der Waals surface area contributed by atoms with E-state index in [0.29, 0.717) is 13.2 Å². The van der Waals surface area contributed by atoms with Gasteiger partial charge in [0, 0.05) is 12.5 Å². The zero-order chi connectivity index (χ0) is 7.56. The average Bonchev–Trinajstić information content (AvgIpc) is 2.36. The molecule has 0 aromatic rings. The molecule has 1 aliphatic heterocycles. The summed E-state index contributed by atoms with van der Waals surface area (Å²) in [5.41, 5.74) is 5.41. The Kier molecular flexibility index (Phi) is 2.40. The van der Waals surface area contributed by atoms with Gasteiger partial charge < -0.3 is 10.5 Å². The second-order valence-electron chi connectivity index (χ2n) is 2.75. The molecule has 0 bridgehead atoms. The SMILES string of the molecule is CC(N)C(=O)C1CCOC1. The highest BCUT2D eigenvalue weighted by Gasteiger charge is 2.25. The van der Waals surface area contributed by atoms with Gasteiger partial charge in [-0.05, 0) is 13.3 Å². The van der Waals surface area contributed by atoms with Crippen molar-refractivity contribution in [1.82, 2.24) is 0 Å². The van der Waals surface area contributed by atoms with Crippen LogP contribution in [0.4, 0.5) is 0 Å². The molecule has 3 nitrogen and oxygen atoms in total. The summed E-state index contributed by atoms with van der Waals surface area (Å²) in [7, 11) is 0. The van der Waals surface area contributed by atoms with Crippen LogP contribution < -0.4 is 5.73 Å². The van der Waals surface area contributed by atoms with Gasteiger partial charge in [0.05, 0.1) is 12.6 Å². The number of rotatable bonds is 2. The van der Waals surface area contributed by atoms with Gasteiger partial charge >= 0.3 is 0 Å². The van der Waals surface area contributed by atoms with Crippen LogP contribution in [-0.4, -0.2) is 25.0 Å². The van der Waals surface area contributed by atoms with Crippen molar-refractivity contribution in [1.29, 1.82) is 0 Å². The molecule has 2 N–H and O–H groups in total. The lowest BCUT2D eigenvalue weighted by Gasteiger charge is -2.08. The lowest BCUT2D eigenvalue weighted by Crippen LogP contribution is -2.32. The van der Waals surface area contributed by atoms with Crippen LogP contribution in [0.1, 0.15) is 13.3 Å². The summed E-state index contributed by atoms with van der Waals surface area (Å²) in [6, 6.07) is -0.327. The zero-order valence-corrected chi connectivity index (χ0v) is 6.17. The largest absolute Gasteiger partial charge is 0.381 e. The quantitative estimate of drug-likeness (QED) is 0.589. The van der Waals surface area contributed by atoms with Gasteiger partial charge in [0.2, 0.25) is 0 Å². The van der Waals surface area contributed by atoms with Gasteiger partial charge in [-0.3, -0.25) is 4.79 Å². The minimum absolute atomic E-state index is 0.0694. The Labute approximate surface area is 60.5 Å². The van der Waals surface area contributed by atoms with Crippen molar-refractivity contribution in [2.45, 2.75) is 19.4 Å². The van der Waals surface area contributed by atoms with Crippen molar-refractivity contribution < 1.29 is 9.53 Å². The molecule has 0 aliphatic carbocycles. The van der Waals surface area contributed by atoms with E-state index in [9.17, 15) is 4.79 Å². The van der Waals surface area contributed by atoms with Crippen LogP contribution in [0.25, 0.3) is 0 Å². The van der Waals surface area contributed by atoms with Crippen LogP contribution in [0.2, 0.25) is 0 Å². The normalized spacial score (nSPS) is 28.4. The van der Waals surface area contributed by atoms with E-state index in [-0.39, 0.29) is 17.7 Å². The van der Waals surface area contributed by atoms with Gasteiger partial charge in [-0.1, -0.05) is 0 Å². The van der Waals surface area contributed by atoms with Gasteiger partial charge in [-0.25, -0.2) is 0 Å². The summed E-state index contributed by atoms with van der Waals surface area (Å²) in [5.74, 6) is 0.206. The summed E-state index contributed by atoms with van der Waals surface area (Å²) < 4.78 is 5.05. The van der Waals surface area contributed by atoms with Crippen LogP contribution in [0, 0.1) is 5.92 Å². The van der Waals surface area contributed by atoms with Crippen molar-refractivity contribution in [2.75, 3.05) is 13.2 Å². The first-order valence-corrected chi connectivity index (χ1v) is 3.59. The molecule has 1 heterocycles. The third kappa shape index (κ3) is 1.55. The van der Waals surface area contributed by atoms with Crippen LogP contribution in [0.5, 0.6) is 0 Å². The van der Waals surface area contributed by atoms with Crippen LogP contribution in [0.3, 0.4) is 0 Å². The van der Waals surface area contributed by atoms with E-state index < -0.39 is 0 Å². The molecule has 1 rings (SSSR count). The topological polar surface area (TPSA) is 52.3 Å². The summed E-state index contributed by atoms with van der Waals surface area (Å²) in [5, 5.41) is 0. The van der Waals surface area contributed by atoms with Gasteiger partial charge in [-0.15, -0.1) is 0 Å². The molecule has 1 fully saturated rings. The van der Waals surface area contributed by atoms with Crippen molar-refractivity contribution in [3.63, 3.8) is 0 Å². The molecule has 0 aromatic carbocycles. The molecule has 0 aromatic heterocycles. The number of hydrogen-bond acceptors (Lipinski definition) is 3. The molecular formula is C7H13NO2. The minimum Gasteiger partial charge on any atom is -0.381 e. The molecule has 0 saturated carbocycles. The van der Waals surface area contributed by atoms with E-state index in [1.165, 1.54) is 0 Å². The predicted octanol–water partition coefficient (Wildman–Crippen LogP) is -0.0608. The number of carbonyl (C=O) groups excluding carboxylic acids is 1. The Hall–Kier alpha value is -0.410. The van der Waals surface area contributed by atoms with E-state index in [2.05, 4.69) is 0 Å². The maximum absolute atomic E-state index is 11.1. The van der Waals surface area contributed by atoms with Crippen molar-refractivity contribution in [3.8, 4) is 0 Å². The van der Waals surface area contributed by atoms with Gasteiger partial charge in [0.1, 0.15) is 0 Å². The van der Waals surface area contributed by atoms with Crippen molar-refractivity contribution in [2.24, 2.45) is 11.7 Å². The molecule has 2 atom stereocenters. The van der Waals surface area contributed by atoms with E-state index in [1.807, 2.05) is 0 Å². The molecular weight excluding hydrogens is 130 g/mol. The Bertz CT molecular complexity index is 128. The highest BCUT2D eigenvalue weighted by atomic mass is 16.5. The maximum atomic E-state index is 11.1. The number of nitrogens with two attached hydrogens (primary N) is 1. The Morgan fingerprint density at radius 3 is 2.90 bits per heavy atom. The van der Waals surface area contributed by atoms with E-state index in [4.69, 9.17) is 10.5 Å². The Balaban J connectivity index is 2.40. The van der Waals surface area contributed by atoms with Gasteiger partial charge in [-0.2, -0.15) is 0 Å². The molecule has 58 valence electrons. The highest BCUT2D eigenvalue weighted by molar-refractivity contribution is 5.85. The van der Waals surface area contributed by atoms with Crippen molar-refractivity contribution >= 4 is 5.78 Å². The number of ketones is 1. The average molecular weight is 143 g/mol. The third-order valence-corrected chi connectivity index (χ3v) is 1.78. The summed E-state index contributed by atoms with van der Waals surface area (Å²) in [4.78, 5) is 11.1. The zero-order valence-electron chi connectivity index (χ0n) is 6.17. The second-order valence-corrected chi connectivity index (χ2v) is 2.75. The summed E-state index contributed by atoms with van der Waals surface area (Å²) in [6.07, 6.45) is 0.848. The van der Waals surface area contributed by atoms with Gasteiger partial charge in [0.25, 0.3) is 0 Å². The van der Waals surface area contributed by atoms with Crippen LogP contribution in [0.15, 0.2) is 0 Å². The van der Waals surface area contributed by atoms with Gasteiger partial charge in [0.15, 0.2) is 5.78 Å². The van der Waals surface area contributed by atoms with Crippen LogP contribution in [-0.2, 0) is 9.53 Å². The molecule has 0 amide bonds. The fraction of sp³-hybridized carbons (Fsp3) is 0.857. The molecule has 0 radical (unpaired) electrons. The molecule has 1 saturated heterocycles. The first kappa shape index (κ1) is 7.69. The number of Topliss-reactive ketones (excluding diaryl/α,β-unsaturated/α-hetero) is 1. The lowest BCUT2D eigenvalue weighted by atomic mass is 9.99. The molecule has 1 aliphatic rings. The Morgan fingerprint density at radius 2 is 2.50 bits per heavy atom. The Morgan fingerprint density at radius 1 is 1.80 bits per heavy atom. The molecule has 0 spiro atoms. The van der Waals surface area contributed by atoms with E-state index in [0.717, 1.165) is 6.42 Å². The van der Waals surface area contributed by atoms with Crippen molar-refractivity contribution in [3.05, 3.63) is 0 Å². The second kappa shape index (κ2) is 3.12. The first-order valence-electron chi connectivity index (χ1n) is 3.59. The third-order valence-electron chi connectivity index (χ3n) is 1.78. The standard InChI is InChI=1S/C7H13NO2/c1-5(8)7(9)6-2-3-10-4-6/h5-6H,2-4,8H2,1H3. The molecule has 10 heavy (non-hydrogen) atoms. The smallest absolute Gasteiger partial charge is 0.154 e. The van der Waals surface area contributed by atoms with E-state index >= 15 is 0 Å². The fourth-order valence-electron chi connectivity index (χ4n) is 1.13.